The van der Waals surface area contributed by atoms with Crippen LogP contribution < -0.4 is 0 Å². The van der Waals surface area contributed by atoms with Crippen LogP contribution in [-0.2, 0) is 6.42 Å². The monoisotopic (exact) mass is 280 g/mol. The van der Waals surface area contributed by atoms with Crippen LogP contribution in [-0.4, -0.2) is 4.98 Å². The van der Waals surface area contributed by atoms with Crippen LogP contribution in [0.2, 0.25) is 5.15 Å². The third-order valence-electron chi connectivity index (χ3n) is 1.55. The van der Waals surface area contributed by atoms with Gasteiger partial charge in [-0.05, 0) is 27.6 Å². The Kier molecular flexibility index (Phi) is 3.78. The highest BCUT2D eigenvalue weighted by atomic mass is 79.9. The predicted molar refractivity (Wildman–Crippen MR) is 51.2 cm³/mol. The van der Waals surface area contributed by atoms with E-state index in [1.807, 2.05) is 0 Å². The summed E-state index contributed by atoms with van der Waals surface area (Å²) < 4.78 is 25.0. The summed E-state index contributed by atoms with van der Waals surface area (Å²) in [6, 6.07) is 3.07. The lowest BCUT2D eigenvalue weighted by atomic mass is 10.1. The van der Waals surface area contributed by atoms with Gasteiger partial charge in [-0.15, -0.1) is 0 Å². The third-order valence-corrected chi connectivity index (χ3v) is 2.35. The molecule has 0 aliphatic rings. The van der Waals surface area contributed by atoms with Crippen molar-refractivity contribution < 1.29 is 8.78 Å². The number of nitrogens with zero attached hydrogens (tertiary/aromatic N) is 2. The van der Waals surface area contributed by atoms with Gasteiger partial charge in [0.25, 0.3) is 6.43 Å². The minimum atomic E-state index is -2.67. The summed E-state index contributed by atoms with van der Waals surface area (Å²) in [5.41, 5.74) is -0.0645. The normalized spacial score (nSPS) is 10.3. The van der Waals surface area contributed by atoms with E-state index in [1.54, 1.807) is 6.07 Å². The van der Waals surface area contributed by atoms with E-state index < -0.39 is 6.43 Å². The highest BCUT2D eigenvalue weighted by molar-refractivity contribution is 9.10. The first-order valence-electron chi connectivity index (χ1n) is 3.56. The van der Waals surface area contributed by atoms with Crippen LogP contribution >= 0.6 is 27.5 Å². The molecule has 1 aromatic rings. The van der Waals surface area contributed by atoms with Crippen molar-refractivity contribution in [1.29, 1.82) is 5.26 Å². The van der Waals surface area contributed by atoms with Crippen LogP contribution in [0.4, 0.5) is 8.78 Å². The second-order valence-corrected chi connectivity index (χ2v) is 3.58. The second-order valence-electron chi connectivity index (χ2n) is 2.44. The molecule has 0 saturated heterocycles. The molecule has 0 N–H and O–H groups in total. The zero-order chi connectivity index (χ0) is 10.7. The lowest BCUT2D eigenvalue weighted by molar-refractivity contribution is 0.149. The summed E-state index contributed by atoms with van der Waals surface area (Å²) in [7, 11) is 0. The Bertz CT molecular complexity index is 390. The summed E-state index contributed by atoms with van der Waals surface area (Å²) in [6.45, 7) is 0. The average molecular weight is 281 g/mol. The number of alkyl halides is 2. The summed E-state index contributed by atoms with van der Waals surface area (Å²) in [6.07, 6.45) is -2.78. The molecule has 0 radical (unpaired) electrons. The predicted octanol–water partition coefficient (Wildman–Crippen LogP) is 3.50. The topological polar surface area (TPSA) is 36.7 Å². The van der Waals surface area contributed by atoms with E-state index in [1.165, 1.54) is 6.07 Å². The van der Waals surface area contributed by atoms with E-state index in [0.717, 1.165) is 0 Å². The van der Waals surface area contributed by atoms with Gasteiger partial charge in [-0.2, -0.15) is 5.26 Å². The van der Waals surface area contributed by atoms with Crippen LogP contribution in [0, 0.1) is 11.3 Å². The molecule has 0 spiro atoms. The van der Waals surface area contributed by atoms with Crippen LogP contribution in [0.15, 0.2) is 10.7 Å². The van der Waals surface area contributed by atoms with Crippen molar-refractivity contribution in [1.82, 2.24) is 4.98 Å². The molecule has 74 valence electrons. The average Bonchev–Trinajstić information content (AvgIpc) is 2.01. The maximum atomic E-state index is 12.5. The zero-order valence-corrected chi connectivity index (χ0v) is 9.11. The van der Waals surface area contributed by atoms with Crippen LogP contribution in [0.5, 0.6) is 0 Å². The maximum Gasteiger partial charge on any atom is 0.266 e. The van der Waals surface area contributed by atoms with E-state index in [9.17, 15) is 8.78 Å². The van der Waals surface area contributed by atoms with Crippen LogP contribution in [0.3, 0.4) is 0 Å². The van der Waals surface area contributed by atoms with Gasteiger partial charge < -0.3 is 0 Å². The van der Waals surface area contributed by atoms with Crippen molar-refractivity contribution in [2.45, 2.75) is 12.8 Å². The molecule has 0 aliphatic carbocycles. The second kappa shape index (κ2) is 4.67. The van der Waals surface area contributed by atoms with E-state index >= 15 is 0 Å². The molecule has 0 aromatic carbocycles. The van der Waals surface area contributed by atoms with E-state index in [0.29, 0.717) is 0 Å². The Hall–Kier alpha value is -0.730. The molecule has 1 aromatic heterocycles. The van der Waals surface area contributed by atoms with Crippen LogP contribution in [0.25, 0.3) is 0 Å². The smallest absolute Gasteiger partial charge is 0.229 e. The summed E-state index contributed by atoms with van der Waals surface area (Å²) in [5, 5.41) is 8.52. The standard InChI is InChI=1S/C8H4BrClF2N2/c9-7-6(8(11)12)4(1-2-13)3-5(10)14-7/h3,8H,1H2. The van der Waals surface area contributed by atoms with Gasteiger partial charge in [0.2, 0.25) is 0 Å². The van der Waals surface area contributed by atoms with E-state index in [2.05, 4.69) is 20.9 Å². The number of aromatic nitrogens is 1. The number of nitriles is 1. The molecule has 0 fully saturated rings. The fourth-order valence-electron chi connectivity index (χ4n) is 1.00. The molecule has 2 nitrogen and oxygen atoms in total. The fourth-order valence-corrected chi connectivity index (χ4v) is 1.94. The summed E-state index contributed by atoms with van der Waals surface area (Å²) >= 11 is 8.45. The van der Waals surface area contributed by atoms with Crippen molar-refractivity contribution in [2.75, 3.05) is 0 Å². The van der Waals surface area contributed by atoms with E-state index in [-0.39, 0.29) is 27.3 Å². The first kappa shape index (κ1) is 11.3. The Balaban J connectivity index is 3.30. The Morgan fingerprint density at radius 3 is 2.79 bits per heavy atom. The van der Waals surface area contributed by atoms with Crippen molar-refractivity contribution >= 4 is 27.5 Å². The zero-order valence-electron chi connectivity index (χ0n) is 6.77. The van der Waals surface area contributed by atoms with Gasteiger partial charge in [-0.25, -0.2) is 13.8 Å². The number of hydrogen-bond acceptors (Lipinski definition) is 2. The third kappa shape index (κ3) is 2.40. The van der Waals surface area contributed by atoms with Crippen molar-refractivity contribution in [3.63, 3.8) is 0 Å². The molecule has 0 atom stereocenters. The van der Waals surface area contributed by atoms with Gasteiger partial charge in [0, 0.05) is 0 Å². The Labute approximate surface area is 92.6 Å². The Morgan fingerprint density at radius 1 is 1.64 bits per heavy atom. The van der Waals surface area contributed by atoms with Gasteiger partial charge in [-0.3, -0.25) is 0 Å². The first-order chi connectivity index (χ1) is 6.56. The van der Waals surface area contributed by atoms with Gasteiger partial charge in [-0.1, -0.05) is 11.6 Å². The van der Waals surface area contributed by atoms with Crippen molar-refractivity contribution in [3.05, 3.63) is 26.9 Å². The molecule has 1 rings (SSSR count). The molecular weight excluding hydrogens is 277 g/mol. The fraction of sp³-hybridized carbons (Fsp3) is 0.250. The van der Waals surface area contributed by atoms with Crippen molar-refractivity contribution in [3.8, 4) is 6.07 Å². The molecule has 0 amide bonds. The molecular formula is C8H4BrClF2N2. The van der Waals surface area contributed by atoms with Gasteiger partial charge >= 0.3 is 0 Å². The molecule has 0 aliphatic heterocycles. The highest BCUT2D eigenvalue weighted by Gasteiger charge is 2.18. The lowest BCUT2D eigenvalue weighted by Crippen LogP contribution is -1.98. The number of halogens is 4. The molecule has 0 unspecified atom stereocenters. The summed E-state index contributed by atoms with van der Waals surface area (Å²) in [4.78, 5) is 3.63. The first-order valence-corrected chi connectivity index (χ1v) is 4.73. The van der Waals surface area contributed by atoms with Gasteiger partial charge in [0.1, 0.15) is 9.76 Å². The number of pyridine rings is 1. The molecule has 0 bridgehead atoms. The number of rotatable bonds is 2. The molecule has 0 saturated carbocycles. The SMILES string of the molecule is N#CCc1cc(Cl)nc(Br)c1C(F)F. The minimum absolute atomic E-state index is 0.00903. The molecule has 1 heterocycles. The molecule has 14 heavy (non-hydrogen) atoms. The maximum absolute atomic E-state index is 12.5. The largest absolute Gasteiger partial charge is 0.266 e. The quantitative estimate of drug-likeness (QED) is 0.778. The van der Waals surface area contributed by atoms with Crippen LogP contribution in [0.1, 0.15) is 17.6 Å². The van der Waals surface area contributed by atoms with Crippen molar-refractivity contribution in [2.24, 2.45) is 0 Å². The highest BCUT2D eigenvalue weighted by Crippen LogP contribution is 2.31. The minimum Gasteiger partial charge on any atom is -0.229 e. The lowest BCUT2D eigenvalue weighted by Gasteiger charge is -2.07. The Morgan fingerprint density at radius 2 is 2.29 bits per heavy atom. The molecule has 6 heteroatoms. The van der Waals surface area contributed by atoms with E-state index in [4.69, 9.17) is 16.9 Å². The van der Waals surface area contributed by atoms with Gasteiger partial charge in [0.15, 0.2) is 0 Å². The summed E-state index contributed by atoms with van der Waals surface area (Å²) in [5.74, 6) is 0. The van der Waals surface area contributed by atoms with Gasteiger partial charge in [0.05, 0.1) is 18.1 Å². The number of hydrogen-bond donors (Lipinski definition) is 0.